The minimum Gasteiger partial charge on any atom is -0.299 e. The second kappa shape index (κ2) is 8.78. The van der Waals surface area contributed by atoms with E-state index in [2.05, 4.69) is 95.9 Å². The lowest BCUT2D eigenvalue weighted by atomic mass is 9.80. The van der Waals surface area contributed by atoms with Crippen molar-refractivity contribution in [3.8, 4) is 0 Å². The molecule has 5 rings (SSSR count). The van der Waals surface area contributed by atoms with Crippen LogP contribution in [0.5, 0.6) is 0 Å². The van der Waals surface area contributed by atoms with Gasteiger partial charge >= 0.3 is 0 Å². The van der Waals surface area contributed by atoms with Crippen molar-refractivity contribution in [1.82, 2.24) is 4.90 Å². The third kappa shape index (κ3) is 4.52. The van der Waals surface area contributed by atoms with E-state index in [9.17, 15) is 0 Å². The fourth-order valence-electron chi connectivity index (χ4n) is 5.77. The quantitative estimate of drug-likeness (QED) is 0.430. The molecule has 0 aromatic heterocycles. The molecule has 0 N–H and O–H groups in total. The molecule has 1 heterocycles. The summed E-state index contributed by atoms with van der Waals surface area (Å²) in [4.78, 5) is 2.65. The Hall–Kier alpha value is -2.38. The topological polar surface area (TPSA) is 3.24 Å². The summed E-state index contributed by atoms with van der Waals surface area (Å²) in [6, 6.07) is 33.4. The maximum atomic E-state index is 2.65. The minimum absolute atomic E-state index is 0.467. The van der Waals surface area contributed by atoms with E-state index in [0.717, 1.165) is 18.4 Å². The van der Waals surface area contributed by atoms with Crippen LogP contribution in [0, 0.1) is 11.3 Å². The molecule has 2 unspecified atom stereocenters. The zero-order valence-electron chi connectivity index (χ0n) is 17.9. The molecule has 0 spiro atoms. The molecule has 1 aliphatic carbocycles. The fourth-order valence-corrected chi connectivity index (χ4v) is 5.77. The van der Waals surface area contributed by atoms with Crippen LogP contribution >= 0.6 is 0 Å². The number of nitrogens with zero attached hydrogens (tertiary/aromatic N) is 1. The molecule has 2 fully saturated rings. The van der Waals surface area contributed by atoms with Gasteiger partial charge < -0.3 is 0 Å². The predicted octanol–water partition coefficient (Wildman–Crippen LogP) is 6.71. The lowest BCUT2D eigenvalue weighted by Gasteiger charge is -2.34. The molecule has 1 heteroatoms. The van der Waals surface area contributed by atoms with Crippen molar-refractivity contribution in [3.05, 3.63) is 108 Å². The highest BCUT2D eigenvalue weighted by atomic mass is 15.1. The van der Waals surface area contributed by atoms with Gasteiger partial charge in [-0.1, -0.05) is 91.0 Å². The summed E-state index contributed by atoms with van der Waals surface area (Å²) < 4.78 is 0. The summed E-state index contributed by atoms with van der Waals surface area (Å²) in [5, 5.41) is 0. The van der Waals surface area contributed by atoms with Gasteiger partial charge in [-0.05, 0) is 79.1 Å². The summed E-state index contributed by atoms with van der Waals surface area (Å²) in [6.07, 6.45) is 6.68. The number of piperidine rings is 1. The van der Waals surface area contributed by atoms with Crippen LogP contribution in [0.1, 0.15) is 48.3 Å². The maximum Gasteiger partial charge on any atom is 0.0233 e. The Morgan fingerprint density at radius 2 is 1.27 bits per heavy atom. The average molecular weight is 396 g/mol. The summed E-state index contributed by atoms with van der Waals surface area (Å²) in [7, 11) is 0. The molecule has 2 atom stereocenters. The first-order valence-electron chi connectivity index (χ1n) is 11.7. The van der Waals surface area contributed by atoms with Crippen LogP contribution in [0.3, 0.4) is 0 Å². The van der Waals surface area contributed by atoms with Crippen molar-refractivity contribution in [2.24, 2.45) is 11.3 Å². The van der Waals surface area contributed by atoms with E-state index in [1.54, 1.807) is 5.56 Å². The summed E-state index contributed by atoms with van der Waals surface area (Å²) in [6.45, 7) is 3.60. The first-order chi connectivity index (χ1) is 14.8. The SMILES string of the molecule is c1ccc(CN2CCC(CC3(Cc4ccccc4)CC3c3ccccc3)CC2)cc1. The molecule has 1 saturated heterocycles. The van der Waals surface area contributed by atoms with Crippen molar-refractivity contribution >= 4 is 0 Å². The Kier molecular flexibility index (Phi) is 5.73. The van der Waals surface area contributed by atoms with Gasteiger partial charge in [-0.3, -0.25) is 4.90 Å². The highest BCUT2D eigenvalue weighted by Gasteiger charge is 2.54. The molecule has 1 nitrogen and oxygen atoms in total. The Morgan fingerprint density at radius 1 is 0.700 bits per heavy atom. The van der Waals surface area contributed by atoms with Gasteiger partial charge in [0.05, 0.1) is 0 Å². The first kappa shape index (κ1) is 19.6. The number of benzene rings is 3. The van der Waals surface area contributed by atoms with Gasteiger partial charge in [0.1, 0.15) is 0 Å². The van der Waals surface area contributed by atoms with Crippen LogP contribution in [0.25, 0.3) is 0 Å². The van der Waals surface area contributed by atoms with E-state index >= 15 is 0 Å². The van der Waals surface area contributed by atoms with E-state index in [4.69, 9.17) is 0 Å². The molecule has 30 heavy (non-hydrogen) atoms. The third-order valence-electron chi connectivity index (χ3n) is 7.44. The second-order valence-corrected chi connectivity index (χ2v) is 9.60. The lowest BCUT2D eigenvalue weighted by molar-refractivity contribution is 0.155. The Morgan fingerprint density at radius 3 is 1.90 bits per heavy atom. The number of likely N-dealkylation sites (tertiary alicyclic amines) is 1. The van der Waals surface area contributed by atoms with Crippen LogP contribution < -0.4 is 0 Å². The number of rotatable bonds is 7. The predicted molar refractivity (Wildman–Crippen MR) is 125 cm³/mol. The normalized spacial score (nSPS) is 24.6. The third-order valence-corrected chi connectivity index (χ3v) is 7.44. The fraction of sp³-hybridized carbons (Fsp3) is 0.379. The van der Waals surface area contributed by atoms with Crippen molar-refractivity contribution in [2.75, 3.05) is 13.1 Å². The molecule has 154 valence electrons. The average Bonchev–Trinajstić information content (AvgIpc) is 3.50. The van der Waals surface area contributed by atoms with E-state index < -0.39 is 0 Å². The standard InChI is InChI=1S/C29H33N/c1-4-10-24(11-5-1)20-29(22-28(29)27-14-8-3-9-15-27)21-25-16-18-30(19-17-25)23-26-12-6-2-7-13-26/h1-15,25,28H,16-23H2. The van der Waals surface area contributed by atoms with Crippen LogP contribution in [0.4, 0.5) is 0 Å². The zero-order valence-corrected chi connectivity index (χ0v) is 17.9. The van der Waals surface area contributed by atoms with Gasteiger partial charge in [0.15, 0.2) is 0 Å². The Labute approximate surface area is 181 Å². The highest BCUT2D eigenvalue weighted by molar-refractivity contribution is 5.32. The van der Waals surface area contributed by atoms with E-state index in [1.807, 2.05) is 0 Å². The maximum absolute atomic E-state index is 2.65. The summed E-state index contributed by atoms with van der Waals surface area (Å²) in [5.74, 6) is 1.61. The lowest BCUT2D eigenvalue weighted by Crippen LogP contribution is -2.34. The van der Waals surface area contributed by atoms with Gasteiger partial charge in [0.2, 0.25) is 0 Å². The number of hydrogen-bond donors (Lipinski definition) is 0. The van der Waals surface area contributed by atoms with Crippen molar-refractivity contribution < 1.29 is 0 Å². The summed E-state index contributed by atoms with van der Waals surface area (Å²) in [5.41, 5.74) is 4.98. The Bertz CT molecular complexity index is 912. The zero-order chi connectivity index (χ0) is 20.2. The highest BCUT2D eigenvalue weighted by Crippen LogP contribution is 2.64. The molecule has 0 radical (unpaired) electrons. The second-order valence-electron chi connectivity index (χ2n) is 9.60. The van der Waals surface area contributed by atoms with Gasteiger partial charge in [0, 0.05) is 6.54 Å². The Balaban J connectivity index is 1.24. The molecule has 0 bridgehead atoms. The van der Waals surface area contributed by atoms with E-state index in [0.29, 0.717) is 5.41 Å². The smallest absolute Gasteiger partial charge is 0.0233 e. The molecular formula is C29H33N. The monoisotopic (exact) mass is 395 g/mol. The molecule has 1 saturated carbocycles. The minimum atomic E-state index is 0.467. The van der Waals surface area contributed by atoms with Gasteiger partial charge in [-0.25, -0.2) is 0 Å². The number of hydrogen-bond acceptors (Lipinski definition) is 1. The van der Waals surface area contributed by atoms with Gasteiger partial charge in [-0.2, -0.15) is 0 Å². The molecule has 3 aromatic carbocycles. The first-order valence-corrected chi connectivity index (χ1v) is 11.7. The molecule has 2 aliphatic rings. The summed E-state index contributed by atoms with van der Waals surface area (Å²) >= 11 is 0. The van der Waals surface area contributed by atoms with Crippen molar-refractivity contribution in [2.45, 2.75) is 44.6 Å². The molecule has 0 amide bonds. The van der Waals surface area contributed by atoms with E-state index in [1.165, 1.54) is 56.3 Å². The van der Waals surface area contributed by atoms with Crippen molar-refractivity contribution in [1.29, 1.82) is 0 Å². The van der Waals surface area contributed by atoms with Crippen LogP contribution in [-0.2, 0) is 13.0 Å². The molecule has 1 aliphatic heterocycles. The van der Waals surface area contributed by atoms with E-state index in [-0.39, 0.29) is 0 Å². The van der Waals surface area contributed by atoms with Crippen LogP contribution in [0.2, 0.25) is 0 Å². The largest absolute Gasteiger partial charge is 0.299 e. The van der Waals surface area contributed by atoms with Crippen LogP contribution in [0.15, 0.2) is 91.0 Å². The molecular weight excluding hydrogens is 362 g/mol. The van der Waals surface area contributed by atoms with Crippen molar-refractivity contribution in [3.63, 3.8) is 0 Å². The van der Waals surface area contributed by atoms with Gasteiger partial charge in [-0.15, -0.1) is 0 Å². The van der Waals surface area contributed by atoms with Crippen LogP contribution in [-0.4, -0.2) is 18.0 Å². The molecule has 3 aromatic rings. The van der Waals surface area contributed by atoms with Gasteiger partial charge in [0.25, 0.3) is 0 Å².